The minimum absolute atomic E-state index is 0.107. The molecule has 0 spiro atoms. The molecule has 1 aliphatic heterocycles. The van der Waals surface area contributed by atoms with Crippen molar-refractivity contribution in [3.05, 3.63) is 23.4 Å². The van der Waals surface area contributed by atoms with E-state index in [4.69, 9.17) is 15.7 Å². The lowest BCUT2D eigenvalue weighted by molar-refractivity contribution is 0.161. The Morgan fingerprint density at radius 3 is 3.16 bits per heavy atom. The number of hydrogen-bond donors (Lipinski definition) is 2. The Hall–Kier alpha value is -1.82. The van der Waals surface area contributed by atoms with Crippen LogP contribution in [0.15, 0.2) is 17.4 Å². The van der Waals surface area contributed by atoms with Gasteiger partial charge in [-0.25, -0.2) is 4.98 Å². The SMILES string of the molecule is COCC1CCN(c2nccc(C)c2/C(N)=N/O)C1. The van der Waals surface area contributed by atoms with Crippen molar-refractivity contribution in [2.75, 3.05) is 31.7 Å². The number of nitrogens with zero attached hydrogens (tertiary/aromatic N) is 3. The summed E-state index contributed by atoms with van der Waals surface area (Å²) in [7, 11) is 1.72. The average molecular weight is 264 g/mol. The van der Waals surface area contributed by atoms with Crippen LogP contribution < -0.4 is 10.6 Å². The highest BCUT2D eigenvalue weighted by atomic mass is 16.5. The number of anilines is 1. The van der Waals surface area contributed by atoms with Gasteiger partial charge in [0.25, 0.3) is 0 Å². The molecular formula is C13H20N4O2. The molecule has 2 rings (SSSR count). The minimum Gasteiger partial charge on any atom is -0.409 e. The van der Waals surface area contributed by atoms with Crippen molar-refractivity contribution in [3.8, 4) is 0 Å². The van der Waals surface area contributed by atoms with E-state index in [0.29, 0.717) is 11.5 Å². The van der Waals surface area contributed by atoms with Crippen LogP contribution in [-0.2, 0) is 4.74 Å². The first-order valence-corrected chi connectivity index (χ1v) is 6.34. The third kappa shape index (κ3) is 2.78. The summed E-state index contributed by atoms with van der Waals surface area (Å²) in [6.45, 7) is 4.48. The number of nitrogens with two attached hydrogens (primary N) is 1. The smallest absolute Gasteiger partial charge is 0.174 e. The number of hydrogen-bond acceptors (Lipinski definition) is 5. The van der Waals surface area contributed by atoms with Gasteiger partial charge in [-0.2, -0.15) is 0 Å². The zero-order chi connectivity index (χ0) is 13.8. The average Bonchev–Trinajstić information content (AvgIpc) is 2.86. The van der Waals surface area contributed by atoms with Crippen molar-refractivity contribution in [2.24, 2.45) is 16.8 Å². The van der Waals surface area contributed by atoms with Gasteiger partial charge in [0.15, 0.2) is 5.84 Å². The first kappa shape index (κ1) is 13.6. The Bertz CT molecular complexity index is 476. The Kier molecular flexibility index (Phi) is 4.21. The molecule has 2 heterocycles. The number of oxime groups is 1. The maximum atomic E-state index is 8.91. The number of aromatic nitrogens is 1. The lowest BCUT2D eigenvalue weighted by atomic mass is 10.1. The van der Waals surface area contributed by atoms with Crippen LogP contribution in [-0.4, -0.2) is 42.8 Å². The van der Waals surface area contributed by atoms with E-state index in [2.05, 4.69) is 15.0 Å². The molecular weight excluding hydrogens is 244 g/mol. The summed E-state index contributed by atoms with van der Waals surface area (Å²) in [6, 6.07) is 1.86. The highest BCUT2D eigenvalue weighted by Gasteiger charge is 2.26. The molecule has 3 N–H and O–H groups in total. The second-order valence-corrected chi connectivity index (χ2v) is 4.87. The maximum absolute atomic E-state index is 8.91. The van der Waals surface area contributed by atoms with Crippen molar-refractivity contribution >= 4 is 11.7 Å². The summed E-state index contributed by atoms with van der Waals surface area (Å²) in [5, 5.41) is 12.0. The summed E-state index contributed by atoms with van der Waals surface area (Å²) >= 11 is 0. The molecule has 1 aromatic rings. The van der Waals surface area contributed by atoms with E-state index >= 15 is 0 Å². The molecule has 0 aromatic carbocycles. The second kappa shape index (κ2) is 5.88. The van der Waals surface area contributed by atoms with Crippen molar-refractivity contribution in [1.82, 2.24) is 4.98 Å². The lowest BCUT2D eigenvalue weighted by Crippen LogP contribution is -2.27. The summed E-state index contributed by atoms with van der Waals surface area (Å²) < 4.78 is 5.20. The van der Waals surface area contributed by atoms with Crippen LogP contribution in [0.2, 0.25) is 0 Å². The largest absolute Gasteiger partial charge is 0.409 e. The molecule has 1 aliphatic rings. The highest BCUT2D eigenvalue weighted by Crippen LogP contribution is 2.26. The van der Waals surface area contributed by atoms with Crippen LogP contribution >= 0.6 is 0 Å². The molecule has 1 fully saturated rings. The monoisotopic (exact) mass is 264 g/mol. The van der Waals surface area contributed by atoms with E-state index in [9.17, 15) is 0 Å². The minimum atomic E-state index is 0.107. The molecule has 1 aromatic heterocycles. The van der Waals surface area contributed by atoms with E-state index in [0.717, 1.165) is 37.5 Å². The number of amidine groups is 1. The van der Waals surface area contributed by atoms with Gasteiger partial charge in [0.05, 0.1) is 12.2 Å². The summed E-state index contributed by atoms with van der Waals surface area (Å²) in [4.78, 5) is 6.57. The molecule has 0 bridgehead atoms. The van der Waals surface area contributed by atoms with Crippen molar-refractivity contribution in [1.29, 1.82) is 0 Å². The predicted octanol–water partition coefficient (Wildman–Crippen LogP) is 0.957. The van der Waals surface area contributed by atoms with E-state index in [1.165, 1.54) is 0 Å². The molecule has 0 aliphatic carbocycles. The van der Waals surface area contributed by atoms with Crippen molar-refractivity contribution in [3.63, 3.8) is 0 Å². The third-order valence-electron chi connectivity index (χ3n) is 3.49. The molecule has 104 valence electrons. The van der Waals surface area contributed by atoms with Crippen LogP contribution in [0.25, 0.3) is 0 Å². The molecule has 0 saturated carbocycles. The van der Waals surface area contributed by atoms with E-state index in [1.54, 1.807) is 13.3 Å². The van der Waals surface area contributed by atoms with Crippen LogP contribution in [0.5, 0.6) is 0 Å². The van der Waals surface area contributed by atoms with Crippen molar-refractivity contribution in [2.45, 2.75) is 13.3 Å². The molecule has 19 heavy (non-hydrogen) atoms. The van der Waals surface area contributed by atoms with Gasteiger partial charge >= 0.3 is 0 Å². The Labute approximate surface area is 112 Å². The zero-order valence-corrected chi connectivity index (χ0v) is 11.3. The van der Waals surface area contributed by atoms with E-state index in [1.807, 2.05) is 13.0 Å². The molecule has 6 heteroatoms. The number of pyridine rings is 1. The quantitative estimate of drug-likeness (QED) is 0.366. The van der Waals surface area contributed by atoms with Crippen LogP contribution in [0.4, 0.5) is 5.82 Å². The summed E-state index contributed by atoms with van der Waals surface area (Å²) in [5.74, 6) is 1.40. The molecule has 0 amide bonds. The molecule has 0 radical (unpaired) electrons. The van der Waals surface area contributed by atoms with Gasteiger partial charge in [-0.1, -0.05) is 5.16 Å². The number of ether oxygens (including phenoxy) is 1. The summed E-state index contributed by atoms with van der Waals surface area (Å²) in [6.07, 6.45) is 2.82. The standard InChI is InChI=1S/C13H20N4O2/c1-9-3-5-15-13(11(9)12(14)16-18)17-6-4-10(7-17)8-19-2/h3,5,10,18H,4,6-8H2,1-2H3,(H2,14,16). The van der Waals surface area contributed by atoms with Gasteiger partial charge in [-0.15, -0.1) is 0 Å². The van der Waals surface area contributed by atoms with Gasteiger partial charge in [0, 0.05) is 32.3 Å². The number of rotatable bonds is 4. The highest BCUT2D eigenvalue weighted by molar-refractivity contribution is 6.02. The van der Waals surface area contributed by atoms with Crippen LogP contribution in [0, 0.1) is 12.8 Å². The predicted molar refractivity (Wildman–Crippen MR) is 73.7 cm³/mol. The van der Waals surface area contributed by atoms with Crippen molar-refractivity contribution < 1.29 is 9.94 Å². The van der Waals surface area contributed by atoms with Gasteiger partial charge in [0.2, 0.25) is 0 Å². The molecule has 6 nitrogen and oxygen atoms in total. The number of aryl methyl sites for hydroxylation is 1. The maximum Gasteiger partial charge on any atom is 0.174 e. The van der Waals surface area contributed by atoms with Crippen LogP contribution in [0.1, 0.15) is 17.5 Å². The second-order valence-electron chi connectivity index (χ2n) is 4.87. The Morgan fingerprint density at radius 1 is 1.68 bits per heavy atom. The Balaban J connectivity index is 2.28. The number of methoxy groups -OCH3 is 1. The molecule has 1 saturated heterocycles. The first-order valence-electron chi connectivity index (χ1n) is 6.34. The molecule has 1 atom stereocenters. The molecule has 1 unspecified atom stereocenters. The first-order chi connectivity index (χ1) is 9.17. The fraction of sp³-hybridized carbons (Fsp3) is 0.538. The normalized spacial score (nSPS) is 20.0. The van der Waals surface area contributed by atoms with Crippen LogP contribution in [0.3, 0.4) is 0 Å². The summed E-state index contributed by atoms with van der Waals surface area (Å²) in [5.41, 5.74) is 7.43. The fourth-order valence-corrected chi connectivity index (χ4v) is 2.55. The topological polar surface area (TPSA) is 84.0 Å². The Morgan fingerprint density at radius 2 is 2.47 bits per heavy atom. The van der Waals surface area contributed by atoms with Gasteiger partial charge in [-0.3, -0.25) is 0 Å². The lowest BCUT2D eigenvalue weighted by Gasteiger charge is -2.21. The fourth-order valence-electron chi connectivity index (χ4n) is 2.55. The zero-order valence-electron chi connectivity index (χ0n) is 11.3. The van der Waals surface area contributed by atoms with E-state index in [-0.39, 0.29) is 5.84 Å². The van der Waals surface area contributed by atoms with E-state index < -0.39 is 0 Å². The van der Waals surface area contributed by atoms with Gasteiger partial charge < -0.3 is 20.6 Å². The van der Waals surface area contributed by atoms with Gasteiger partial charge in [-0.05, 0) is 25.0 Å². The van der Waals surface area contributed by atoms with Gasteiger partial charge in [0.1, 0.15) is 5.82 Å². The third-order valence-corrected chi connectivity index (χ3v) is 3.49.